The molecule has 1 atom stereocenters. The van der Waals surface area contributed by atoms with E-state index < -0.39 is 6.04 Å². The summed E-state index contributed by atoms with van der Waals surface area (Å²) in [6.07, 6.45) is 2.12. The van der Waals surface area contributed by atoms with Crippen LogP contribution in [0.2, 0.25) is 0 Å². The second-order valence-electron chi connectivity index (χ2n) is 7.40. The van der Waals surface area contributed by atoms with Crippen LogP contribution < -0.4 is 15.5 Å². The molecule has 0 saturated heterocycles. The fourth-order valence-corrected chi connectivity index (χ4v) is 5.00. The smallest absolute Gasteiger partial charge is 0.327 e. The molecule has 30 heavy (non-hydrogen) atoms. The first-order chi connectivity index (χ1) is 14.7. The molecule has 2 aromatic carbocycles. The second-order valence-corrected chi connectivity index (χ2v) is 8.37. The molecule has 0 fully saturated rings. The number of nitrogens with zero attached hydrogens (tertiary/aromatic N) is 1. The van der Waals surface area contributed by atoms with Gasteiger partial charge in [-0.3, -0.25) is 9.69 Å². The largest absolute Gasteiger partial charge is 0.357 e. The number of fused-ring (bicyclic) bond motifs is 1. The predicted molar refractivity (Wildman–Crippen MR) is 121 cm³/mol. The molecule has 6 heteroatoms. The molecule has 0 unspecified atom stereocenters. The number of carbonyl (C=O) groups excluding carboxylic acids is 2. The summed E-state index contributed by atoms with van der Waals surface area (Å²) in [5.41, 5.74) is 3.93. The number of urea groups is 1. The van der Waals surface area contributed by atoms with Gasteiger partial charge in [-0.25, -0.2) is 4.79 Å². The van der Waals surface area contributed by atoms with E-state index in [2.05, 4.69) is 10.6 Å². The standard InChI is InChI=1S/C24H21N3O2S/c28-20-13-6-11-18-22(20)23(21-14-7-15-30-21)27(19-12-5-4-10-17(19)26-18)24(29)25-16-8-2-1-3-9-16/h1-5,7-10,12,14-15,23,26H,6,11,13H2,(H,25,29)/t23-/m0/s1. The molecular formula is C24H21N3O2S. The minimum absolute atomic E-state index is 0.104. The minimum atomic E-state index is -0.465. The van der Waals surface area contributed by atoms with Gasteiger partial charge in [-0.15, -0.1) is 11.3 Å². The van der Waals surface area contributed by atoms with E-state index in [-0.39, 0.29) is 11.8 Å². The molecular weight excluding hydrogens is 394 g/mol. The molecule has 1 aliphatic carbocycles. The molecule has 0 spiro atoms. The van der Waals surface area contributed by atoms with Crippen LogP contribution in [-0.2, 0) is 4.79 Å². The Morgan fingerprint density at radius 3 is 2.60 bits per heavy atom. The molecule has 5 nitrogen and oxygen atoms in total. The van der Waals surface area contributed by atoms with Gasteiger partial charge in [0.2, 0.25) is 0 Å². The average Bonchev–Trinajstić information content (AvgIpc) is 3.24. The van der Waals surface area contributed by atoms with Crippen molar-refractivity contribution < 1.29 is 9.59 Å². The van der Waals surface area contributed by atoms with Crippen molar-refractivity contribution in [1.29, 1.82) is 0 Å². The van der Waals surface area contributed by atoms with Gasteiger partial charge in [-0.05, 0) is 48.6 Å². The molecule has 0 radical (unpaired) electrons. The van der Waals surface area contributed by atoms with Crippen LogP contribution in [0.3, 0.4) is 0 Å². The maximum atomic E-state index is 13.6. The molecule has 2 amide bonds. The molecule has 3 aromatic rings. The third-order valence-corrected chi connectivity index (χ3v) is 6.42. The lowest BCUT2D eigenvalue weighted by Crippen LogP contribution is -2.40. The van der Waals surface area contributed by atoms with E-state index in [1.54, 1.807) is 16.2 Å². The fourth-order valence-electron chi connectivity index (χ4n) is 4.18. The van der Waals surface area contributed by atoms with Crippen LogP contribution in [0, 0.1) is 0 Å². The van der Waals surface area contributed by atoms with Crippen LogP contribution in [0.1, 0.15) is 30.2 Å². The number of benzene rings is 2. The van der Waals surface area contributed by atoms with Crippen molar-refractivity contribution in [2.24, 2.45) is 0 Å². The zero-order chi connectivity index (χ0) is 20.5. The highest BCUT2D eigenvalue weighted by molar-refractivity contribution is 7.10. The van der Waals surface area contributed by atoms with E-state index in [9.17, 15) is 9.59 Å². The summed E-state index contributed by atoms with van der Waals surface area (Å²) in [4.78, 5) is 29.4. The highest BCUT2D eigenvalue weighted by Crippen LogP contribution is 2.45. The van der Waals surface area contributed by atoms with Crippen LogP contribution in [0.5, 0.6) is 0 Å². The van der Waals surface area contributed by atoms with Crippen LogP contribution in [0.4, 0.5) is 21.9 Å². The number of nitrogens with one attached hydrogen (secondary N) is 2. The van der Waals surface area contributed by atoms with E-state index in [1.165, 1.54) is 0 Å². The van der Waals surface area contributed by atoms with E-state index in [0.29, 0.717) is 17.7 Å². The lowest BCUT2D eigenvalue weighted by atomic mass is 9.88. The summed E-state index contributed by atoms with van der Waals surface area (Å²) in [5.74, 6) is 0.104. The van der Waals surface area contributed by atoms with Crippen molar-refractivity contribution in [3.8, 4) is 0 Å². The molecule has 1 aliphatic heterocycles. The normalized spacial score (nSPS) is 18.2. The number of rotatable bonds is 2. The highest BCUT2D eigenvalue weighted by Gasteiger charge is 2.40. The van der Waals surface area contributed by atoms with Crippen molar-refractivity contribution >= 4 is 40.2 Å². The van der Waals surface area contributed by atoms with E-state index in [1.807, 2.05) is 72.1 Å². The van der Waals surface area contributed by atoms with Gasteiger partial charge in [0.05, 0.1) is 11.4 Å². The molecule has 2 aliphatic rings. The Balaban J connectivity index is 1.69. The van der Waals surface area contributed by atoms with Crippen LogP contribution in [-0.4, -0.2) is 11.8 Å². The Bertz CT molecular complexity index is 1120. The predicted octanol–water partition coefficient (Wildman–Crippen LogP) is 5.96. The second kappa shape index (κ2) is 7.80. The van der Waals surface area contributed by atoms with Crippen molar-refractivity contribution in [3.05, 3.63) is 88.3 Å². The Hall–Kier alpha value is -3.38. The fraction of sp³-hybridized carbons (Fsp3) is 0.167. The summed E-state index contributed by atoms with van der Waals surface area (Å²) in [6.45, 7) is 0. The third-order valence-electron chi connectivity index (χ3n) is 5.49. The lowest BCUT2D eigenvalue weighted by molar-refractivity contribution is -0.116. The average molecular weight is 416 g/mol. The van der Waals surface area contributed by atoms with Crippen molar-refractivity contribution in [1.82, 2.24) is 0 Å². The summed E-state index contributed by atoms with van der Waals surface area (Å²) in [5, 5.41) is 8.47. The van der Waals surface area contributed by atoms with Crippen molar-refractivity contribution in [3.63, 3.8) is 0 Å². The minimum Gasteiger partial charge on any atom is -0.357 e. The number of amides is 2. The van der Waals surface area contributed by atoms with Gasteiger partial charge >= 0.3 is 6.03 Å². The number of hydrogen-bond donors (Lipinski definition) is 2. The monoisotopic (exact) mass is 415 g/mol. The molecule has 0 saturated carbocycles. The number of carbonyl (C=O) groups is 2. The molecule has 2 N–H and O–H groups in total. The van der Waals surface area contributed by atoms with Crippen molar-refractivity contribution in [2.45, 2.75) is 25.3 Å². The summed E-state index contributed by atoms with van der Waals surface area (Å²) in [6, 6.07) is 20.4. The van der Waals surface area contributed by atoms with E-state index in [0.717, 1.165) is 34.8 Å². The van der Waals surface area contributed by atoms with Gasteiger partial charge in [0, 0.05) is 28.3 Å². The Labute approximate surface area is 179 Å². The first kappa shape index (κ1) is 18.6. The van der Waals surface area contributed by atoms with E-state index >= 15 is 0 Å². The van der Waals surface area contributed by atoms with Crippen LogP contribution in [0.25, 0.3) is 0 Å². The number of para-hydroxylation sites is 3. The van der Waals surface area contributed by atoms with Crippen molar-refractivity contribution in [2.75, 3.05) is 15.5 Å². The summed E-state index contributed by atoms with van der Waals surface area (Å²) < 4.78 is 0. The third kappa shape index (κ3) is 3.29. The topological polar surface area (TPSA) is 61.4 Å². The van der Waals surface area contributed by atoms with Gasteiger partial charge < -0.3 is 10.6 Å². The number of allylic oxidation sites excluding steroid dienone is 1. The number of Topliss-reactive ketones (excluding diaryl/α,β-unsaturated/α-hetero) is 1. The molecule has 5 rings (SSSR count). The Morgan fingerprint density at radius 1 is 1.00 bits per heavy atom. The van der Waals surface area contributed by atoms with Gasteiger partial charge in [0.15, 0.2) is 5.78 Å². The molecule has 2 heterocycles. The van der Waals surface area contributed by atoms with Gasteiger partial charge in [-0.1, -0.05) is 36.4 Å². The number of hydrogen-bond acceptors (Lipinski definition) is 4. The van der Waals surface area contributed by atoms with Gasteiger partial charge in [-0.2, -0.15) is 0 Å². The highest BCUT2D eigenvalue weighted by atomic mass is 32.1. The first-order valence-electron chi connectivity index (χ1n) is 10.0. The number of ketones is 1. The zero-order valence-electron chi connectivity index (χ0n) is 16.3. The van der Waals surface area contributed by atoms with Crippen LogP contribution >= 0.6 is 11.3 Å². The first-order valence-corrected chi connectivity index (χ1v) is 10.9. The quantitative estimate of drug-likeness (QED) is 0.543. The molecule has 0 bridgehead atoms. The van der Waals surface area contributed by atoms with Crippen LogP contribution in [0.15, 0.2) is 83.4 Å². The zero-order valence-corrected chi connectivity index (χ0v) is 17.1. The SMILES string of the molecule is O=C1CCCC2=C1[C@H](c1cccs1)N(C(=O)Nc1ccccc1)c1ccccc1N2. The number of anilines is 3. The Kier molecular flexibility index (Phi) is 4.85. The molecule has 150 valence electrons. The maximum absolute atomic E-state index is 13.6. The summed E-state index contributed by atoms with van der Waals surface area (Å²) in [7, 11) is 0. The summed E-state index contributed by atoms with van der Waals surface area (Å²) >= 11 is 1.56. The van der Waals surface area contributed by atoms with Gasteiger partial charge in [0.25, 0.3) is 0 Å². The molecule has 1 aromatic heterocycles. The van der Waals surface area contributed by atoms with Gasteiger partial charge in [0.1, 0.15) is 6.04 Å². The maximum Gasteiger partial charge on any atom is 0.327 e. The van der Waals surface area contributed by atoms with E-state index in [4.69, 9.17) is 0 Å². The number of thiophene rings is 1. The lowest BCUT2D eigenvalue weighted by Gasteiger charge is -2.33. The Morgan fingerprint density at radius 2 is 1.80 bits per heavy atom.